The third-order valence-electron chi connectivity index (χ3n) is 5.15. The van der Waals surface area contributed by atoms with Crippen LogP contribution in [0, 0.1) is 6.92 Å². The molecule has 6 nitrogen and oxygen atoms in total. The number of hydrogen-bond donors (Lipinski definition) is 0. The highest BCUT2D eigenvalue weighted by Gasteiger charge is 2.38. The van der Waals surface area contributed by atoms with Gasteiger partial charge in [0.2, 0.25) is 0 Å². The maximum Gasteiger partial charge on any atom is 0.259 e. The molecule has 150 valence electrons. The van der Waals surface area contributed by atoms with Crippen molar-refractivity contribution in [3.05, 3.63) is 70.9 Å². The fourth-order valence-electron chi connectivity index (χ4n) is 3.59. The molecule has 0 bridgehead atoms. The number of aryl methyl sites for hydroxylation is 1. The molecule has 1 unspecified atom stereocenters. The second-order valence-electron chi connectivity index (χ2n) is 6.96. The number of nitrogens with zero attached hydrogens (tertiary/aromatic N) is 2. The molecule has 1 atom stereocenters. The molecule has 29 heavy (non-hydrogen) atoms. The van der Waals surface area contributed by atoms with E-state index in [2.05, 4.69) is 5.16 Å². The highest BCUT2D eigenvalue weighted by molar-refractivity contribution is 7.92. The minimum absolute atomic E-state index is 0.128. The Balaban J connectivity index is 1.61. The first-order chi connectivity index (χ1) is 13.9. The largest absolute Gasteiger partial charge is 0.360 e. The Bertz CT molecular complexity index is 1160. The minimum Gasteiger partial charge on any atom is -0.360 e. The summed E-state index contributed by atoms with van der Waals surface area (Å²) >= 11 is 6.27. The summed E-state index contributed by atoms with van der Waals surface area (Å²) in [6.07, 6.45) is 0.384. The molecule has 8 heteroatoms. The van der Waals surface area contributed by atoms with Crippen molar-refractivity contribution >= 4 is 27.3 Å². The Kier molecular flexibility index (Phi) is 5.19. The van der Waals surface area contributed by atoms with Gasteiger partial charge in [0.05, 0.1) is 15.2 Å². The Morgan fingerprint density at radius 2 is 1.83 bits per heavy atom. The molecule has 1 aliphatic heterocycles. The zero-order chi connectivity index (χ0) is 20.6. The van der Waals surface area contributed by atoms with Gasteiger partial charge in [0.15, 0.2) is 9.84 Å². The van der Waals surface area contributed by atoms with Crippen molar-refractivity contribution in [1.82, 2.24) is 10.1 Å². The molecule has 4 rings (SSSR count). The molecule has 1 saturated heterocycles. The van der Waals surface area contributed by atoms with Crippen LogP contribution >= 0.6 is 11.6 Å². The van der Waals surface area contributed by atoms with Crippen LogP contribution in [0.5, 0.6) is 0 Å². The number of carbonyl (C=O) groups excluding carboxylic acids is 1. The molecule has 0 spiro atoms. The van der Waals surface area contributed by atoms with Crippen molar-refractivity contribution in [3.8, 4) is 11.3 Å². The first-order valence-electron chi connectivity index (χ1n) is 9.19. The summed E-state index contributed by atoms with van der Waals surface area (Å²) < 4.78 is 31.1. The van der Waals surface area contributed by atoms with Crippen molar-refractivity contribution in [3.63, 3.8) is 0 Å². The molecular weight excluding hydrogens is 412 g/mol. The number of amides is 1. The van der Waals surface area contributed by atoms with Gasteiger partial charge in [-0.05, 0) is 31.5 Å². The van der Waals surface area contributed by atoms with E-state index in [1.54, 1.807) is 66.4 Å². The zero-order valence-electron chi connectivity index (χ0n) is 15.7. The number of benzene rings is 2. The Hall–Kier alpha value is -2.64. The average Bonchev–Trinajstić information content (AvgIpc) is 3.36. The van der Waals surface area contributed by atoms with Crippen LogP contribution in [0.1, 0.15) is 22.5 Å². The number of rotatable bonds is 4. The summed E-state index contributed by atoms with van der Waals surface area (Å²) in [6, 6.07) is 15.4. The predicted molar refractivity (Wildman–Crippen MR) is 110 cm³/mol. The van der Waals surface area contributed by atoms with Crippen molar-refractivity contribution in [2.75, 3.05) is 13.1 Å². The molecule has 1 aromatic heterocycles. The standard InChI is InChI=1S/C21H19ClN2O4S/c1-14-19(20(23-28-14)17-9-5-6-10-18(17)22)21(25)24-12-11-16(13-24)29(26,27)15-7-3-2-4-8-15/h2-10,16H,11-13H2,1H3. The van der Waals surface area contributed by atoms with Gasteiger partial charge < -0.3 is 9.42 Å². The SMILES string of the molecule is Cc1onc(-c2ccccc2Cl)c1C(=O)N1CCC(S(=O)(=O)c2ccccc2)C1. The van der Waals surface area contributed by atoms with E-state index in [0.717, 1.165) is 0 Å². The summed E-state index contributed by atoms with van der Waals surface area (Å²) in [5.41, 5.74) is 1.28. The van der Waals surface area contributed by atoms with Gasteiger partial charge in [-0.1, -0.05) is 53.2 Å². The quantitative estimate of drug-likeness (QED) is 0.625. The van der Waals surface area contributed by atoms with Gasteiger partial charge in [-0.2, -0.15) is 0 Å². The zero-order valence-corrected chi connectivity index (χ0v) is 17.3. The normalized spacial score (nSPS) is 16.9. The van der Waals surface area contributed by atoms with Gasteiger partial charge in [0, 0.05) is 18.7 Å². The van der Waals surface area contributed by atoms with Gasteiger partial charge in [0.1, 0.15) is 17.0 Å². The molecule has 0 N–H and O–H groups in total. The number of carbonyl (C=O) groups is 1. The van der Waals surface area contributed by atoms with Crippen LogP contribution in [-0.4, -0.2) is 42.7 Å². The molecular formula is C21H19ClN2O4S. The van der Waals surface area contributed by atoms with E-state index >= 15 is 0 Å². The van der Waals surface area contributed by atoms with Crippen molar-refractivity contribution in [2.45, 2.75) is 23.5 Å². The van der Waals surface area contributed by atoms with Gasteiger partial charge in [-0.3, -0.25) is 4.79 Å². The number of hydrogen-bond acceptors (Lipinski definition) is 5. The van der Waals surface area contributed by atoms with Gasteiger partial charge in [0.25, 0.3) is 5.91 Å². The summed E-state index contributed by atoms with van der Waals surface area (Å²) in [7, 11) is -3.51. The minimum atomic E-state index is -3.51. The van der Waals surface area contributed by atoms with Crippen LogP contribution in [0.4, 0.5) is 0 Å². The molecule has 0 radical (unpaired) electrons. The molecule has 2 aromatic carbocycles. The fourth-order valence-corrected chi connectivity index (χ4v) is 5.53. The molecule has 2 heterocycles. The van der Waals surface area contributed by atoms with Gasteiger partial charge >= 0.3 is 0 Å². The second kappa shape index (κ2) is 7.65. The third kappa shape index (κ3) is 3.56. The number of sulfone groups is 1. The van der Waals surface area contributed by atoms with Crippen LogP contribution in [0.3, 0.4) is 0 Å². The van der Waals surface area contributed by atoms with Crippen LogP contribution < -0.4 is 0 Å². The van der Waals surface area contributed by atoms with E-state index in [9.17, 15) is 13.2 Å². The van der Waals surface area contributed by atoms with Crippen LogP contribution in [0.25, 0.3) is 11.3 Å². The number of likely N-dealkylation sites (tertiary alicyclic amines) is 1. The van der Waals surface area contributed by atoms with Crippen molar-refractivity contribution in [1.29, 1.82) is 0 Å². The lowest BCUT2D eigenvalue weighted by Crippen LogP contribution is -2.32. The Morgan fingerprint density at radius 3 is 2.55 bits per heavy atom. The maximum absolute atomic E-state index is 13.2. The van der Waals surface area contributed by atoms with E-state index in [4.69, 9.17) is 16.1 Å². The third-order valence-corrected chi connectivity index (χ3v) is 7.67. The van der Waals surface area contributed by atoms with Crippen molar-refractivity contribution in [2.24, 2.45) is 0 Å². The molecule has 1 aliphatic rings. The van der Waals surface area contributed by atoms with E-state index in [-0.39, 0.29) is 17.3 Å². The summed E-state index contributed by atoms with van der Waals surface area (Å²) in [5.74, 6) is 0.0729. The lowest BCUT2D eigenvalue weighted by molar-refractivity contribution is 0.0792. The maximum atomic E-state index is 13.2. The monoisotopic (exact) mass is 430 g/mol. The molecule has 1 amide bonds. The van der Waals surface area contributed by atoms with Gasteiger partial charge in [-0.15, -0.1) is 0 Å². The fraction of sp³-hybridized carbons (Fsp3) is 0.238. The lowest BCUT2D eigenvalue weighted by Gasteiger charge is -2.17. The second-order valence-corrected chi connectivity index (χ2v) is 9.60. The molecule has 3 aromatic rings. The average molecular weight is 431 g/mol. The van der Waals surface area contributed by atoms with E-state index in [1.165, 1.54) is 0 Å². The van der Waals surface area contributed by atoms with Gasteiger partial charge in [-0.25, -0.2) is 8.42 Å². The summed E-state index contributed by atoms with van der Waals surface area (Å²) in [4.78, 5) is 15.1. The Labute approximate surface area is 174 Å². The highest BCUT2D eigenvalue weighted by Crippen LogP contribution is 2.33. The number of aromatic nitrogens is 1. The molecule has 0 saturated carbocycles. The smallest absolute Gasteiger partial charge is 0.259 e. The predicted octanol–water partition coefficient (Wildman–Crippen LogP) is 3.99. The van der Waals surface area contributed by atoms with E-state index < -0.39 is 15.1 Å². The first kappa shape index (κ1) is 19.7. The Morgan fingerprint density at radius 1 is 1.14 bits per heavy atom. The summed E-state index contributed by atoms with van der Waals surface area (Å²) in [5, 5.41) is 3.85. The summed E-state index contributed by atoms with van der Waals surface area (Å²) in [6.45, 7) is 2.14. The number of halogens is 1. The highest BCUT2D eigenvalue weighted by atomic mass is 35.5. The van der Waals surface area contributed by atoms with Crippen LogP contribution in [0.15, 0.2) is 64.0 Å². The van der Waals surface area contributed by atoms with E-state index in [1.807, 2.05) is 0 Å². The first-order valence-corrected chi connectivity index (χ1v) is 11.1. The van der Waals surface area contributed by atoms with E-state index in [0.29, 0.717) is 40.6 Å². The molecule has 1 fully saturated rings. The lowest BCUT2D eigenvalue weighted by atomic mass is 10.1. The molecule has 0 aliphatic carbocycles. The van der Waals surface area contributed by atoms with Crippen LogP contribution in [0.2, 0.25) is 5.02 Å². The topological polar surface area (TPSA) is 80.5 Å². The van der Waals surface area contributed by atoms with Crippen molar-refractivity contribution < 1.29 is 17.7 Å². The van der Waals surface area contributed by atoms with Crippen LogP contribution in [-0.2, 0) is 9.84 Å².